The normalized spacial score (nSPS) is 17.0. The molecule has 1 fully saturated rings. The number of benzene rings is 1. The number of ether oxygens (including phenoxy) is 1. The van der Waals surface area contributed by atoms with Crippen LogP contribution in [-0.4, -0.2) is 44.9 Å². The second-order valence-electron chi connectivity index (χ2n) is 5.67. The van der Waals surface area contributed by atoms with Gasteiger partial charge in [0.25, 0.3) is 10.2 Å². The van der Waals surface area contributed by atoms with Gasteiger partial charge in [-0.3, -0.25) is 4.79 Å². The average molecular weight is 341 g/mol. The van der Waals surface area contributed by atoms with Crippen molar-refractivity contribution < 1.29 is 17.9 Å². The maximum absolute atomic E-state index is 12.0. The Bertz CT molecular complexity index is 623. The van der Waals surface area contributed by atoms with E-state index in [1.165, 1.54) is 4.31 Å². The summed E-state index contributed by atoms with van der Waals surface area (Å²) in [6.45, 7) is 3.39. The van der Waals surface area contributed by atoms with Crippen LogP contribution in [0.2, 0.25) is 0 Å². The molecule has 0 atom stereocenters. The van der Waals surface area contributed by atoms with E-state index in [9.17, 15) is 13.2 Å². The van der Waals surface area contributed by atoms with Crippen molar-refractivity contribution in [3.05, 3.63) is 29.8 Å². The van der Waals surface area contributed by atoms with Crippen molar-refractivity contribution in [3.8, 4) is 5.75 Å². The van der Waals surface area contributed by atoms with E-state index < -0.39 is 10.2 Å². The molecule has 0 aromatic heterocycles. The van der Waals surface area contributed by atoms with E-state index in [0.29, 0.717) is 26.0 Å². The van der Waals surface area contributed by atoms with Crippen LogP contribution in [0, 0.1) is 12.8 Å². The highest BCUT2D eigenvalue weighted by molar-refractivity contribution is 7.86. The smallest absolute Gasteiger partial charge is 0.276 e. The van der Waals surface area contributed by atoms with Gasteiger partial charge in [0, 0.05) is 19.0 Å². The van der Waals surface area contributed by atoms with Gasteiger partial charge in [-0.05, 0) is 31.9 Å². The second kappa shape index (κ2) is 7.76. The SMILES string of the molecule is Cc1ccc(OCCNC(=O)C2CCN(S(N)(=O)=O)CC2)cc1. The maximum Gasteiger partial charge on any atom is 0.276 e. The number of aryl methyl sites for hydroxylation is 1. The lowest BCUT2D eigenvalue weighted by Gasteiger charge is -2.29. The highest BCUT2D eigenvalue weighted by atomic mass is 32.2. The molecule has 7 nitrogen and oxygen atoms in total. The number of hydrogen-bond acceptors (Lipinski definition) is 4. The summed E-state index contributed by atoms with van der Waals surface area (Å²) in [7, 11) is -3.65. The van der Waals surface area contributed by atoms with Gasteiger partial charge in [0.2, 0.25) is 5.91 Å². The summed E-state index contributed by atoms with van der Waals surface area (Å²) < 4.78 is 29.2. The number of carbonyl (C=O) groups is 1. The fourth-order valence-electron chi connectivity index (χ4n) is 2.49. The van der Waals surface area contributed by atoms with Crippen molar-refractivity contribution in [2.45, 2.75) is 19.8 Å². The first kappa shape index (κ1) is 17.7. The zero-order chi connectivity index (χ0) is 16.9. The Balaban J connectivity index is 1.67. The third-order valence-electron chi connectivity index (χ3n) is 3.88. The van der Waals surface area contributed by atoms with Gasteiger partial charge in [0.1, 0.15) is 12.4 Å². The number of nitrogens with zero attached hydrogens (tertiary/aromatic N) is 1. The number of nitrogens with two attached hydrogens (primary N) is 1. The van der Waals surface area contributed by atoms with E-state index in [2.05, 4.69) is 5.32 Å². The molecular weight excluding hydrogens is 318 g/mol. The first-order chi connectivity index (χ1) is 10.9. The van der Waals surface area contributed by atoms with Crippen LogP contribution in [-0.2, 0) is 15.0 Å². The number of amides is 1. The Hall–Kier alpha value is -1.64. The molecule has 3 N–H and O–H groups in total. The summed E-state index contributed by atoms with van der Waals surface area (Å²) in [5.74, 6) is 0.533. The predicted molar refractivity (Wildman–Crippen MR) is 87.1 cm³/mol. The molecule has 1 aromatic carbocycles. The van der Waals surface area contributed by atoms with Gasteiger partial charge < -0.3 is 10.1 Å². The third kappa shape index (κ3) is 5.49. The number of nitrogens with one attached hydrogen (secondary N) is 1. The van der Waals surface area contributed by atoms with E-state index in [1.54, 1.807) is 0 Å². The zero-order valence-electron chi connectivity index (χ0n) is 13.2. The van der Waals surface area contributed by atoms with Gasteiger partial charge in [-0.1, -0.05) is 17.7 Å². The number of carbonyl (C=O) groups excluding carboxylic acids is 1. The molecule has 8 heteroatoms. The highest BCUT2D eigenvalue weighted by Gasteiger charge is 2.28. The van der Waals surface area contributed by atoms with E-state index in [-0.39, 0.29) is 24.9 Å². The summed E-state index contributed by atoms with van der Waals surface area (Å²) in [5.41, 5.74) is 1.16. The van der Waals surface area contributed by atoms with E-state index >= 15 is 0 Å². The standard InChI is InChI=1S/C15H23N3O4S/c1-12-2-4-14(5-3-12)22-11-8-17-15(19)13-6-9-18(10-7-13)23(16,20)21/h2-5,13H,6-11H2,1H3,(H,17,19)(H2,16,20,21). The topological polar surface area (TPSA) is 102 Å². The highest BCUT2D eigenvalue weighted by Crippen LogP contribution is 2.18. The van der Waals surface area contributed by atoms with Crippen molar-refractivity contribution >= 4 is 16.1 Å². The molecule has 1 aliphatic rings. The lowest BCUT2D eigenvalue weighted by atomic mass is 9.97. The molecule has 1 heterocycles. The minimum atomic E-state index is -3.65. The van der Waals surface area contributed by atoms with Crippen molar-refractivity contribution in [1.82, 2.24) is 9.62 Å². The average Bonchev–Trinajstić information content (AvgIpc) is 2.52. The monoisotopic (exact) mass is 341 g/mol. The molecular formula is C15H23N3O4S. The molecule has 0 spiro atoms. The first-order valence-corrected chi connectivity index (χ1v) is 9.11. The largest absolute Gasteiger partial charge is 0.492 e. The molecule has 0 bridgehead atoms. The molecule has 23 heavy (non-hydrogen) atoms. The maximum atomic E-state index is 12.0. The summed E-state index contributed by atoms with van der Waals surface area (Å²) >= 11 is 0. The Morgan fingerprint density at radius 3 is 2.48 bits per heavy atom. The Labute approximate surface area is 137 Å². The molecule has 1 amide bonds. The molecule has 1 aromatic rings. The minimum absolute atomic E-state index is 0.0634. The van der Waals surface area contributed by atoms with Crippen LogP contribution in [0.3, 0.4) is 0 Å². The molecule has 0 aliphatic carbocycles. The van der Waals surface area contributed by atoms with Gasteiger partial charge in [-0.2, -0.15) is 12.7 Å². The molecule has 0 saturated carbocycles. The van der Waals surface area contributed by atoms with Gasteiger partial charge in [0.15, 0.2) is 0 Å². The fourth-order valence-corrected chi connectivity index (χ4v) is 3.21. The van der Waals surface area contributed by atoms with Crippen molar-refractivity contribution in [2.75, 3.05) is 26.2 Å². The zero-order valence-corrected chi connectivity index (χ0v) is 14.0. The van der Waals surface area contributed by atoms with Crippen LogP contribution in [0.5, 0.6) is 5.75 Å². The predicted octanol–water partition coefficient (Wildman–Crippen LogP) is 0.406. The molecule has 128 valence electrons. The van der Waals surface area contributed by atoms with Crippen LogP contribution in [0.1, 0.15) is 18.4 Å². The van der Waals surface area contributed by atoms with E-state index in [0.717, 1.165) is 11.3 Å². The van der Waals surface area contributed by atoms with Crippen LogP contribution in [0.4, 0.5) is 0 Å². The first-order valence-electron chi connectivity index (χ1n) is 7.61. The van der Waals surface area contributed by atoms with Gasteiger partial charge >= 0.3 is 0 Å². The summed E-state index contributed by atoms with van der Waals surface area (Å²) in [5, 5.41) is 7.90. The molecule has 0 unspecified atom stereocenters. The van der Waals surface area contributed by atoms with Crippen LogP contribution in [0.15, 0.2) is 24.3 Å². The van der Waals surface area contributed by atoms with Crippen LogP contribution in [0.25, 0.3) is 0 Å². The van der Waals surface area contributed by atoms with Crippen molar-refractivity contribution in [2.24, 2.45) is 11.1 Å². The van der Waals surface area contributed by atoms with Crippen molar-refractivity contribution in [1.29, 1.82) is 0 Å². The Morgan fingerprint density at radius 1 is 1.30 bits per heavy atom. The number of hydrogen-bond donors (Lipinski definition) is 2. The van der Waals surface area contributed by atoms with Crippen LogP contribution < -0.4 is 15.2 Å². The van der Waals surface area contributed by atoms with E-state index in [4.69, 9.17) is 9.88 Å². The molecule has 1 aliphatic heterocycles. The van der Waals surface area contributed by atoms with Gasteiger partial charge in [0.05, 0.1) is 6.54 Å². The lowest BCUT2D eigenvalue weighted by molar-refractivity contribution is -0.126. The molecule has 1 saturated heterocycles. The van der Waals surface area contributed by atoms with Gasteiger partial charge in [-0.15, -0.1) is 0 Å². The van der Waals surface area contributed by atoms with Crippen molar-refractivity contribution in [3.63, 3.8) is 0 Å². The van der Waals surface area contributed by atoms with E-state index in [1.807, 2.05) is 31.2 Å². The summed E-state index contributed by atoms with van der Waals surface area (Å²) in [6.07, 6.45) is 0.974. The lowest BCUT2D eigenvalue weighted by Crippen LogP contribution is -2.45. The summed E-state index contributed by atoms with van der Waals surface area (Å²) in [4.78, 5) is 12.0. The van der Waals surface area contributed by atoms with Gasteiger partial charge in [-0.25, -0.2) is 5.14 Å². The van der Waals surface area contributed by atoms with Crippen LogP contribution >= 0.6 is 0 Å². The second-order valence-corrected chi connectivity index (χ2v) is 7.22. The fraction of sp³-hybridized carbons (Fsp3) is 0.533. The minimum Gasteiger partial charge on any atom is -0.492 e. The number of piperidine rings is 1. The molecule has 0 radical (unpaired) electrons. The third-order valence-corrected chi connectivity index (χ3v) is 4.96. The molecule has 2 rings (SSSR count). The Morgan fingerprint density at radius 2 is 1.91 bits per heavy atom. The summed E-state index contributed by atoms with van der Waals surface area (Å²) in [6, 6.07) is 7.71. The quantitative estimate of drug-likeness (QED) is 0.732. The number of rotatable bonds is 6. The Kier molecular flexibility index (Phi) is 5.97.